The predicted octanol–water partition coefficient (Wildman–Crippen LogP) is 2.17. The molecule has 0 aliphatic heterocycles. The number of carbonyl (C=O) groups excluding carboxylic acids is 1. The van der Waals surface area contributed by atoms with Crippen LogP contribution in [0.5, 0.6) is 0 Å². The van der Waals surface area contributed by atoms with E-state index in [2.05, 4.69) is 51.7 Å². The fraction of sp³-hybridized carbons (Fsp3) is 0.556. The topological polar surface area (TPSA) is 56.7 Å². The molecule has 0 saturated carbocycles. The van der Waals surface area contributed by atoms with Crippen molar-refractivity contribution in [2.24, 2.45) is 4.99 Å². The standard InChI is InChI=1S/C18H30N4O/c1-5-12-20-17(23)11-13-21-18(19-3)22(4)14-16-9-7-15(6-2)8-10-16/h7-10H,5-6,11-14H2,1-4H3,(H,19,21)(H,20,23). The van der Waals surface area contributed by atoms with E-state index in [4.69, 9.17) is 0 Å². The molecule has 0 saturated heterocycles. The molecule has 5 nitrogen and oxygen atoms in total. The summed E-state index contributed by atoms with van der Waals surface area (Å²) in [5.41, 5.74) is 2.59. The first-order valence-electron chi connectivity index (χ1n) is 8.37. The van der Waals surface area contributed by atoms with Gasteiger partial charge in [0.2, 0.25) is 5.91 Å². The highest BCUT2D eigenvalue weighted by atomic mass is 16.1. The van der Waals surface area contributed by atoms with Gasteiger partial charge in [0.25, 0.3) is 0 Å². The summed E-state index contributed by atoms with van der Waals surface area (Å²) in [6.07, 6.45) is 2.47. The van der Waals surface area contributed by atoms with E-state index in [9.17, 15) is 4.79 Å². The molecule has 2 N–H and O–H groups in total. The summed E-state index contributed by atoms with van der Waals surface area (Å²) in [6, 6.07) is 8.64. The van der Waals surface area contributed by atoms with Gasteiger partial charge in [0.05, 0.1) is 0 Å². The Hall–Kier alpha value is -2.04. The molecule has 0 aromatic heterocycles. The zero-order valence-corrected chi connectivity index (χ0v) is 14.9. The number of guanidine groups is 1. The minimum Gasteiger partial charge on any atom is -0.356 e. The minimum atomic E-state index is 0.0765. The molecule has 128 valence electrons. The Labute approximate surface area is 140 Å². The van der Waals surface area contributed by atoms with E-state index in [0.717, 1.165) is 31.9 Å². The maximum atomic E-state index is 11.6. The van der Waals surface area contributed by atoms with Gasteiger partial charge >= 0.3 is 0 Å². The number of hydrogen-bond donors (Lipinski definition) is 2. The van der Waals surface area contributed by atoms with Gasteiger partial charge in [-0.05, 0) is 24.0 Å². The highest BCUT2D eigenvalue weighted by Gasteiger charge is 2.07. The second-order valence-corrected chi connectivity index (χ2v) is 5.60. The molecule has 0 atom stereocenters. The maximum Gasteiger partial charge on any atom is 0.221 e. The van der Waals surface area contributed by atoms with E-state index in [1.54, 1.807) is 7.05 Å². The highest BCUT2D eigenvalue weighted by molar-refractivity contribution is 5.81. The summed E-state index contributed by atoms with van der Waals surface area (Å²) in [7, 11) is 3.76. The molecule has 1 aromatic rings. The number of benzene rings is 1. The SMILES string of the molecule is CCCNC(=O)CCNC(=NC)N(C)Cc1ccc(CC)cc1. The number of aliphatic imine (C=N–C) groups is 1. The van der Waals surface area contributed by atoms with Gasteiger partial charge in [0, 0.05) is 40.2 Å². The first-order chi connectivity index (χ1) is 11.1. The number of amides is 1. The quantitative estimate of drug-likeness (QED) is 0.570. The Morgan fingerprint density at radius 3 is 2.30 bits per heavy atom. The summed E-state index contributed by atoms with van der Waals surface area (Å²) in [6.45, 7) is 6.31. The molecule has 23 heavy (non-hydrogen) atoms. The van der Waals surface area contributed by atoms with E-state index in [0.29, 0.717) is 13.0 Å². The lowest BCUT2D eigenvalue weighted by Crippen LogP contribution is -2.40. The number of carbonyl (C=O) groups is 1. The third kappa shape index (κ3) is 7.17. The molecule has 0 bridgehead atoms. The van der Waals surface area contributed by atoms with Gasteiger partial charge in [-0.2, -0.15) is 0 Å². The summed E-state index contributed by atoms with van der Waals surface area (Å²) in [4.78, 5) is 17.9. The molecule has 0 fully saturated rings. The monoisotopic (exact) mass is 318 g/mol. The predicted molar refractivity (Wildman–Crippen MR) is 96.6 cm³/mol. The van der Waals surface area contributed by atoms with Gasteiger partial charge in [-0.15, -0.1) is 0 Å². The van der Waals surface area contributed by atoms with E-state index in [1.807, 2.05) is 14.0 Å². The van der Waals surface area contributed by atoms with E-state index >= 15 is 0 Å². The first-order valence-corrected chi connectivity index (χ1v) is 8.37. The molecule has 0 unspecified atom stereocenters. The Kier molecular flexibility index (Phi) is 8.80. The van der Waals surface area contributed by atoms with Crippen LogP contribution in [-0.2, 0) is 17.8 Å². The van der Waals surface area contributed by atoms with Gasteiger partial charge in [0.1, 0.15) is 0 Å². The zero-order chi connectivity index (χ0) is 17.1. The van der Waals surface area contributed by atoms with Crippen molar-refractivity contribution in [1.29, 1.82) is 0 Å². The third-order valence-corrected chi connectivity index (χ3v) is 3.63. The summed E-state index contributed by atoms with van der Waals surface area (Å²) < 4.78 is 0. The minimum absolute atomic E-state index is 0.0765. The lowest BCUT2D eigenvalue weighted by Gasteiger charge is -2.22. The maximum absolute atomic E-state index is 11.6. The lowest BCUT2D eigenvalue weighted by atomic mass is 10.1. The van der Waals surface area contributed by atoms with Crippen LogP contribution in [-0.4, -0.2) is 44.0 Å². The number of rotatable bonds is 8. The zero-order valence-electron chi connectivity index (χ0n) is 14.9. The molecular weight excluding hydrogens is 288 g/mol. The number of nitrogens with zero attached hydrogens (tertiary/aromatic N) is 2. The van der Waals surface area contributed by atoms with Crippen molar-refractivity contribution < 1.29 is 4.79 Å². The number of nitrogens with one attached hydrogen (secondary N) is 2. The van der Waals surface area contributed by atoms with E-state index < -0.39 is 0 Å². The first kappa shape index (κ1) is 19.0. The largest absolute Gasteiger partial charge is 0.356 e. The molecular formula is C18H30N4O. The van der Waals surface area contributed by atoms with Crippen LogP contribution in [0.4, 0.5) is 0 Å². The molecule has 0 heterocycles. The van der Waals surface area contributed by atoms with Crippen molar-refractivity contribution in [2.75, 3.05) is 27.2 Å². The van der Waals surface area contributed by atoms with Crippen LogP contribution in [0.1, 0.15) is 37.8 Å². The smallest absolute Gasteiger partial charge is 0.221 e. The molecule has 1 rings (SSSR count). The second kappa shape index (κ2) is 10.6. The Bertz CT molecular complexity index is 496. The molecule has 1 amide bonds. The van der Waals surface area contributed by atoms with Gasteiger partial charge in [-0.25, -0.2) is 0 Å². The van der Waals surface area contributed by atoms with Crippen LogP contribution < -0.4 is 10.6 Å². The van der Waals surface area contributed by atoms with Crippen LogP contribution in [0, 0.1) is 0 Å². The molecule has 0 spiro atoms. The normalized spacial score (nSPS) is 11.2. The van der Waals surface area contributed by atoms with Crippen molar-refractivity contribution in [3.8, 4) is 0 Å². The van der Waals surface area contributed by atoms with Gasteiger partial charge in [-0.1, -0.05) is 38.1 Å². The lowest BCUT2D eigenvalue weighted by molar-refractivity contribution is -0.120. The van der Waals surface area contributed by atoms with Gasteiger partial charge in [0.15, 0.2) is 5.96 Å². The van der Waals surface area contributed by atoms with Crippen LogP contribution in [0.2, 0.25) is 0 Å². The van der Waals surface area contributed by atoms with Crippen LogP contribution in [0.25, 0.3) is 0 Å². The molecule has 0 aliphatic carbocycles. The van der Waals surface area contributed by atoms with Gasteiger partial charge in [-0.3, -0.25) is 9.79 Å². The third-order valence-electron chi connectivity index (χ3n) is 3.63. The number of aryl methyl sites for hydroxylation is 1. The molecule has 0 radical (unpaired) electrons. The van der Waals surface area contributed by atoms with Crippen molar-refractivity contribution in [3.05, 3.63) is 35.4 Å². The van der Waals surface area contributed by atoms with Crippen LogP contribution in [0.3, 0.4) is 0 Å². The highest BCUT2D eigenvalue weighted by Crippen LogP contribution is 2.07. The summed E-state index contributed by atoms with van der Waals surface area (Å²) in [5.74, 6) is 0.875. The van der Waals surface area contributed by atoms with E-state index in [1.165, 1.54) is 11.1 Å². The Balaban J connectivity index is 2.42. The van der Waals surface area contributed by atoms with Crippen molar-refractivity contribution in [2.45, 2.75) is 39.7 Å². The Morgan fingerprint density at radius 1 is 1.09 bits per heavy atom. The van der Waals surface area contributed by atoms with E-state index in [-0.39, 0.29) is 5.91 Å². The average Bonchev–Trinajstić information content (AvgIpc) is 2.57. The van der Waals surface area contributed by atoms with Gasteiger partial charge < -0.3 is 15.5 Å². The molecule has 0 aliphatic rings. The molecule has 1 aromatic carbocycles. The van der Waals surface area contributed by atoms with Crippen LogP contribution in [0.15, 0.2) is 29.3 Å². The average molecular weight is 318 g/mol. The fourth-order valence-corrected chi connectivity index (χ4v) is 2.25. The van der Waals surface area contributed by atoms with Crippen molar-refractivity contribution >= 4 is 11.9 Å². The van der Waals surface area contributed by atoms with Crippen molar-refractivity contribution in [1.82, 2.24) is 15.5 Å². The van der Waals surface area contributed by atoms with Crippen LogP contribution >= 0.6 is 0 Å². The summed E-state index contributed by atoms with van der Waals surface area (Å²) in [5, 5.41) is 6.11. The molecule has 5 heteroatoms. The van der Waals surface area contributed by atoms with Crippen molar-refractivity contribution in [3.63, 3.8) is 0 Å². The Morgan fingerprint density at radius 2 is 1.74 bits per heavy atom. The number of hydrogen-bond acceptors (Lipinski definition) is 2. The second-order valence-electron chi connectivity index (χ2n) is 5.60. The fourth-order valence-electron chi connectivity index (χ4n) is 2.25. The summed E-state index contributed by atoms with van der Waals surface area (Å²) >= 11 is 0.